The van der Waals surface area contributed by atoms with E-state index < -0.39 is 11.9 Å². The Bertz CT molecular complexity index is 923. The Balaban J connectivity index is 1.80. The molecule has 2 aromatic carbocycles. The molecule has 1 aliphatic rings. The van der Waals surface area contributed by atoms with Crippen LogP contribution in [0.15, 0.2) is 42.5 Å². The van der Waals surface area contributed by atoms with Gasteiger partial charge >= 0.3 is 5.97 Å². The summed E-state index contributed by atoms with van der Waals surface area (Å²) in [5.74, 6) is -1.35. The predicted molar refractivity (Wildman–Crippen MR) is 107 cm³/mol. The van der Waals surface area contributed by atoms with Crippen molar-refractivity contribution in [1.29, 1.82) is 0 Å². The Hall–Kier alpha value is -3.15. The van der Waals surface area contributed by atoms with E-state index in [9.17, 15) is 14.4 Å². The maximum absolute atomic E-state index is 12.8. The van der Waals surface area contributed by atoms with Crippen LogP contribution in [0.1, 0.15) is 34.8 Å². The topological polar surface area (TPSA) is 75.7 Å². The number of ether oxygens (including phenoxy) is 1. The molecule has 3 rings (SSSR count). The van der Waals surface area contributed by atoms with Crippen molar-refractivity contribution in [3.05, 3.63) is 59.2 Å². The SMILES string of the molecule is CCc1cccc(C)c1N1CC(C(=O)Nc2ccccc2C(=O)OC)CC1=O. The number of benzene rings is 2. The molecule has 1 heterocycles. The normalized spacial score (nSPS) is 16.2. The molecule has 0 spiro atoms. The van der Waals surface area contributed by atoms with Crippen molar-refractivity contribution in [1.82, 2.24) is 0 Å². The summed E-state index contributed by atoms with van der Waals surface area (Å²) in [4.78, 5) is 39.1. The molecule has 1 unspecified atom stereocenters. The number of nitrogens with zero attached hydrogens (tertiary/aromatic N) is 1. The molecule has 1 N–H and O–H groups in total. The number of anilines is 2. The van der Waals surface area contributed by atoms with Gasteiger partial charge in [-0.25, -0.2) is 4.79 Å². The standard InChI is InChI=1S/C22H24N2O4/c1-4-15-9-7-8-14(2)20(15)24-13-16(12-19(24)25)21(26)23-18-11-6-5-10-17(18)22(27)28-3/h5-11,16H,4,12-13H2,1-3H3,(H,23,26). The van der Waals surface area contributed by atoms with Crippen LogP contribution in [0.25, 0.3) is 0 Å². The molecule has 0 radical (unpaired) electrons. The predicted octanol–water partition coefficient (Wildman–Crippen LogP) is 3.34. The average molecular weight is 380 g/mol. The Kier molecular flexibility index (Phi) is 5.78. The highest BCUT2D eigenvalue weighted by Gasteiger charge is 2.36. The van der Waals surface area contributed by atoms with E-state index >= 15 is 0 Å². The molecule has 1 fully saturated rings. The average Bonchev–Trinajstić information content (AvgIpc) is 3.09. The van der Waals surface area contributed by atoms with Crippen molar-refractivity contribution in [2.75, 3.05) is 23.9 Å². The maximum Gasteiger partial charge on any atom is 0.339 e. The van der Waals surface area contributed by atoms with Crippen molar-refractivity contribution in [2.24, 2.45) is 5.92 Å². The number of nitrogens with one attached hydrogen (secondary N) is 1. The van der Waals surface area contributed by atoms with E-state index in [1.54, 1.807) is 29.2 Å². The van der Waals surface area contributed by atoms with Gasteiger partial charge in [0.25, 0.3) is 0 Å². The smallest absolute Gasteiger partial charge is 0.339 e. The largest absolute Gasteiger partial charge is 0.465 e. The second kappa shape index (κ2) is 8.25. The fourth-order valence-electron chi connectivity index (χ4n) is 3.61. The summed E-state index contributed by atoms with van der Waals surface area (Å²) in [6, 6.07) is 12.6. The Labute approximate surface area is 164 Å². The van der Waals surface area contributed by atoms with Gasteiger partial charge in [-0.05, 0) is 36.6 Å². The van der Waals surface area contributed by atoms with Gasteiger partial charge in [-0.1, -0.05) is 37.3 Å². The summed E-state index contributed by atoms with van der Waals surface area (Å²) in [6.07, 6.45) is 0.952. The molecule has 0 saturated carbocycles. The molecule has 1 saturated heterocycles. The summed E-state index contributed by atoms with van der Waals surface area (Å²) < 4.78 is 4.76. The van der Waals surface area contributed by atoms with Crippen LogP contribution < -0.4 is 10.2 Å². The van der Waals surface area contributed by atoms with Crippen molar-refractivity contribution < 1.29 is 19.1 Å². The number of rotatable bonds is 5. The van der Waals surface area contributed by atoms with Crippen LogP contribution in [0.5, 0.6) is 0 Å². The Morgan fingerprint density at radius 3 is 2.64 bits per heavy atom. The zero-order chi connectivity index (χ0) is 20.3. The third kappa shape index (κ3) is 3.76. The summed E-state index contributed by atoms with van der Waals surface area (Å²) >= 11 is 0. The number of methoxy groups -OCH3 is 1. The zero-order valence-corrected chi connectivity index (χ0v) is 16.3. The van der Waals surface area contributed by atoms with Crippen molar-refractivity contribution in [2.45, 2.75) is 26.7 Å². The summed E-state index contributed by atoms with van der Waals surface area (Å²) in [7, 11) is 1.29. The molecule has 1 aliphatic heterocycles. The molecule has 1 atom stereocenters. The van der Waals surface area contributed by atoms with E-state index in [-0.39, 0.29) is 23.8 Å². The molecule has 6 heteroatoms. The van der Waals surface area contributed by atoms with Gasteiger partial charge in [-0.2, -0.15) is 0 Å². The van der Waals surface area contributed by atoms with Crippen LogP contribution in [0.2, 0.25) is 0 Å². The third-order valence-electron chi connectivity index (χ3n) is 5.06. The lowest BCUT2D eigenvalue weighted by atomic mass is 10.0. The van der Waals surface area contributed by atoms with Crippen LogP contribution >= 0.6 is 0 Å². The van der Waals surface area contributed by atoms with Crippen LogP contribution in [0.4, 0.5) is 11.4 Å². The molecule has 0 aliphatic carbocycles. The van der Waals surface area contributed by atoms with E-state index in [0.717, 1.165) is 23.2 Å². The first-order valence-electron chi connectivity index (χ1n) is 9.33. The number of aryl methyl sites for hydroxylation is 2. The van der Waals surface area contributed by atoms with E-state index in [0.29, 0.717) is 12.2 Å². The molecule has 146 valence electrons. The second-order valence-corrected chi connectivity index (χ2v) is 6.87. The van der Waals surface area contributed by atoms with Crippen molar-refractivity contribution in [3.8, 4) is 0 Å². The van der Waals surface area contributed by atoms with Crippen molar-refractivity contribution >= 4 is 29.2 Å². The fourth-order valence-corrected chi connectivity index (χ4v) is 3.61. The van der Waals surface area contributed by atoms with Gasteiger partial charge in [0.15, 0.2) is 0 Å². The van der Waals surface area contributed by atoms with Crippen LogP contribution in [-0.4, -0.2) is 31.4 Å². The lowest BCUT2D eigenvalue weighted by Crippen LogP contribution is -2.29. The zero-order valence-electron chi connectivity index (χ0n) is 16.3. The number of carbonyl (C=O) groups is 3. The molecule has 28 heavy (non-hydrogen) atoms. The molecular formula is C22H24N2O4. The molecule has 0 aromatic heterocycles. The van der Waals surface area contributed by atoms with Crippen LogP contribution in [0.3, 0.4) is 0 Å². The number of carbonyl (C=O) groups excluding carboxylic acids is 3. The summed E-state index contributed by atoms with van der Waals surface area (Å²) in [6.45, 7) is 4.34. The summed E-state index contributed by atoms with van der Waals surface area (Å²) in [5.41, 5.74) is 3.68. The van der Waals surface area contributed by atoms with Gasteiger partial charge in [0.2, 0.25) is 11.8 Å². The lowest BCUT2D eigenvalue weighted by Gasteiger charge is -2.22. The summed E-state index contributed by atoms with van der Waals surface area (Å²) in [5, 5.41) is 2.78. The number of amides is 2. The number of hydrogen-bond donors (Lipinski definition) is 1. The minimum absolute atomic E-state index is 0.0644. The fraction of sp³-hybridized carbons (Fsp3) is 0.318. The van der Waals surface area contributed by atoms with E-state index in [4.69, 9.17) is 4.74 Å². The van der Waals surface area contributed by atoms with E-state index in [2.05, 4.69) is 5.32 Å². The second-order valence-electron chi connectivity index (χ2n) is 6.87. The molecule has 2 aromatic rings. The minimum Gasteiger partial charge on any atom is -0.465 e. The highest BCUT2D eigenvalue weighted by Crippen LogP contribution is 2.32. The van der Waals surface area contributed by atoms with Gasteiger partial charge in [0.05, 0.1) is 24.3 Å². The molecule has 2 amide bonds. The van der Waals surface area contributed by atoms with Gasteiger partial charge in [0.1, 0.15) is 0 Å². The molecule has 0 bridgehead atoms. The highest BCUT2D eigenvalue weighted by atomic mass is 16.5. The van der Waals surface area contributed by atoms with Gasteiger partial charge < -0.3 is 15.0 Å². The van der Waals surface area contributed by atoms with E-state index in [1.165, 1.54) is 7.11 Å². The van der Waals surface area contributed by atoms with Gasteiger partial charge in [-0.3, -0.25) is 9.59 Å². The Morgan fingerprint density at radius 2 is 1.93 bits per heavy atom. The monoisotopic (exact) mass is 380 g/mol. The molecular weight excluding hydrogens is 356 g/mol. The first kappa shape index (κ1) is 19.6. The highest BCUT2D eigenvalue weighted by molar-refractivity contribution is 6.06. The first-order valence-corrected chi connectivity index (χ1v) is 9.33. The van der Waals surface area contributed by atoms with Crippen LogP contribution in [0, 0.1) is 12.8 Å². The number of hydrogen-bond acceptors (Lipinski definition) is 4. The third-order valence-corrected chi connectivity index (χ3v) is 5.06. The number of esters is 1. The first-order chi connectivity index (χ1) is 13.5. The minimum atomic E-state index is -0.521. The Morgan fingerprint density at radius 1 is 1.18 bits per heavy atom. The van der Waals surface area contributed by atoms with Gasteiger partial charge in [-0.15, -0.1) is 0 Å². The van der Waals surface area contributed by atoms with Crippen molar-refractivity contribution in [3.63, 3.8) is 0 Å². The quantitative estimate of drug-likeness (QED) is 0.808. The van der Waals surface area contributed by atoms with Crippen LogP contribution in [-0.2, 0) is 20.7 Å². The van der Waals surface area contributed by atoms with Gasteiger partial charge in [0, 0.05) is 18.7 Å². The molecule has 6 nitrogen and oxygen atoms in total. The number of para-hydroxylation sites is 2. The van der Waals surface area contributed by atoms with E-state index in [1.807, 2.05) is 32.0 Å². The lowest BCUT2D eigenvalue weighted by molar-refractivity contribution is -0.122. The maximum atomic E-state index is 12.8.